The maximum atomic E-state index is 11.4. The summed E-state index contributed by atoms with van der Waals surface area (Å²) in [6.45, 7) is 5.97. The van der Waals surface area contributed by atoms with Gasteiger partial charge in [-0.05, 0) is 25.2 Å². The lowest BCUT2D eigenvalue weighted by Gasteiger charge is -2.38. The Kier molecular flexibility index (Phi) is 3.58. The van der Waals surface area contributed by atoms with Crippen molar-refractivity contribution in [2.45, 2.75) is 52.5 Å². The number of sulfonamides is 1. The zero-order valence-electron chi connectivity index (χ0n) is 9.34. The van der Waals surface area contributed by atoms with Crippen LogP contribution >= 0.6 is 0 Å². The number of hydrogen-bond acceptors (Lipinski definition) is 2. The predicted molar refractivity (Wildman–Crippen MR) is 58.6 cm³/mol. The van der Waals surface area contributed by atoms with Crippen molar-refractivity contribution < 1.29 is 8.42 Å². The molecule has 1 unspecified atom stereocenters. The average molecular weight is 219 g/mol. The van der Waals surface area contributed by atoms with Gasteiger partial charge in [-0.3, -0.25) is 0 Å². The van der Waals surface area contributed by atoms with Gasteiger partial charge in [-0.2, -0.15) is 0 Å². The Morgan fingerprint density at radius 1 is 1.36 bits per heavy atom. The minimum Gasteiger partial charge on any atom is -0.212 e. The molecule has 1 atom stereocenters. The molecule has 1 rings (SSSR count). The number of rotatable bonds is 3. The molecular weight excluding hydrogens is 198 g/mol. The van der Waals surface area contributed by atoms with Crippen LogP contribution in [0.4, 0.5) is 0 Å². The van der Waals surface area contributed by atoms with Crippen molar-refractivity contribution in [1.82, 2.24) is 4.72 Å². The van der Waals surface area contributed by atoms with E-state index in [1.165, 1.54) is 6.42 Å². The van der Waals surface area contributed by atoms with E-state index in [0.717, 1.165) is 19.3 Å². The molecule has 1 N–H and O–H groups in total. The van der Waals surface area contributed by atoms with E-state index in [4.69, 9.17) is 0 Å². The molecule has 0 saturated heterocycles. The summed E-state index contributed by atoms with van der Waals surface area (Å²) in [6, 6.07) is 0.126. The predicted octanol–water partition coefficient (Wildman–Crippen LogP) is 1.89. The topological polar surface area (TPSA) is 46.2 Å². The first-order valence-corrected chi connectivity index (χ1v) is 7.02. The fourth-order valence-corrected chi connectivity index (χ4v) is 3.05. The second-order valence-corrected chi connectivity index (χ2v) is 6.85. The third kappa shape index (κ3) is 2.95. The van der Waals surface area contributed by atoms with Crippen LogP contribution in [0.15, 0.2) is 0 Å². The SMILES string of the molecule is CCS(=O)(=O)NC1CCCCC1(C)C. The van der Waals surface area contributed by atoms with Gasteiger partial charge in [-0.15, -0.1) is 0 Å². The molecule has 84 valence electrons. The van der Waals surface area contributed by atoms with Gasteiger partial charge in [-0.25, -0.2) is 13.1 Å². The minimum atomic E-state index is -3.04. The lowest BCUT2D eigenvalue weighted by molar-refractivity contribution is 0.188. The zero-order valence-corrected chi connectivity index (χ0v) is 10.2. The Bertz CT molecular complexity index is 282. The Morgan fingerprint density at radius 2 is 2.00 bits per heavy atom. The van der Waals surface area contributed by atoms with E-state index in [2.05, 4.69) is 18.6 Å². The van der Waals surface area contributed by atoms with E-state index in [0.29, 0.717) is 0 Å². The second-order valence-electron chi connectivity index (χ2n) is 4.81. The van der Waals surface area contributed by atoms with Crippen LogP contribution in [0.2, 0.25) is 0 Å². The minimum absolute atomic E-state index is 0.112. The Hall–Kier alpha value is -0.0900. The molecule has 4 heteroatoms. The summed E-state index contributed by atoms with van der Waals surface area (Å²) in [5.41, 5.74) is 0.112. The molecule has 1 fully saturated rings. The number of nitrogens with one attached hydrogen (secondary N) is 1. The van der Waals surface area contributed by atoms with Gasteiger partial charge in [0.1, 0.15) is 0 Å². The van der Waals surface area contributed by atoms with Crippen molar-refractivity contribution in [3.8, 4) is 0 Å². The molecule has 0 amide bonds. The lowest BCUT2D eigenvalue weighted by Crippen LogP contribution is -2.47. The van der Waals surface area contributed by atoms with Crippen molar-refractivity contribution >= 4 is 10.0 Å². The largest absolute Gasteiger partial charge is 0.212 e. The monoisotopic (exact) mass is 219 g/mol. The molecule has 0 aliphatic heterocycles. The first kappa shape index (κ1) is 12.0. The van der Waals surface area contributed by atoms with Gasteiger partial charge >= 0.3 is 0 Å². The normalized spacial score (nSPS) is 27.5. The van der Waals surface area contributed by atoms with Crippen molar-refractivity contribution in [3.05, 3.63) is 0 Å². The fourth-order valence-electron chi connectivity index (χ4n) is 2.01. The Labute approximate surface area is 87.3 Å². The van der Waals surface area contributed by atoms with Gasteiger partial charge in [0.15, 0.2) is 0 Å². The van der Waals surface area contributed by atoms with Crippen molar-refractivity contribution in [3.63, 3.8) is 0 Å². The molecule has 0 spiro atoms. The molecule has 0 heterocycles. The fraction of sp³-hybridized carbons (Fsp3) is 1.00. The highest BCUT2D eigenvalue weighted by molar-refractivity contribution is 7.89. The molecule has 1 aliphatic carbocycles. The maximum absolute atomic E-state index is 11.4. The molecule has 1 saturated carbocycles. The smallest absolute Gasteiger partial charge is 0.211 e. The Balaban J connectivity index is 2.67. The maximum Gasteiger partial charge on any atom is 0.211 e. The van der Waals surface area contributed by atoms with E-state index < -0.39 is 10.0 Å². The van der Waals surface area contributed by atoms with Gasteiger partial charge in [0.25, 0.3) is 0 Å². The highest BCUT2D eigenvalue weighted by Gasteiger charge is 2.34. The van der Waals surface area contributed by atoms with Crippen molar-refractivity contribution in [1.29, 1.82) is 0 Å². The second kappa shape index (κ2) is 4.19. The summed E-state index contributed by atoms with van der Waals surface area (Å²) in [4.78, 5) is 0. The van der Waals surface area contributed by atoms with Crippen LogP contribution in [0.25, 0.3) is 0 Å². The highest BCUT2D eigenvalue weighted by atomic mass is 32.2. The van der Waals surface area contributed by atoms with Crippen LogP contribution in [0, 0.1) is 5.41 Å². The van der Waals surface area contributed by atoms with Crippen molar-refractivity contribution in [2.75, 3.05) is 5.75 Å². The molecule has 0 radical (unpaired) electrons. The Morgan fingerprint density at radius 3 is 2.50 bits per heavy atom. The molecule has 3 nitrogen and oxygen atoms in total. The van der Waals surface area contributed by atoms with E-state index in [9.17, 15) is 8.42 Å². The third-order valence-electron chi connectivity index (χ3n) is 3.21. The zero-order chi connectivity index (χ0) is 10.8. The summed E-state index contributed by atoms with van der Waals surface area (Å²) < 4.78 is 25.7. The first-order chi connectivity index (χ1) is 6.37. The van der Waals surface area contributed by atoms with Crippen LogP contribution < -0.4 is 4.72 Å². The van der Waals surface area contributed by atoms with Crippen LogP contribution in [0.5, 0.6) is 0 Å². The van der Waals surface area contributed by atoms with Crippen molar-refractivity contribution in [2.24, 2.45) is 5.41 Å². The number of hydrogen-bond donors (Lipinski definition) is 1. The van der Waals surface area contributed by atoms with E-state index >= 15 is 0 Å². The average Bonchev–Trinajstić information content (AvgIpc) is 2.09. The van der Waals surface area contributed by atoms with Crippen LogP contribution in [-0.4, -0.2) is 20.2 Å². The standard InChI is InChI=1S/C10H21NO2S/c1-4-14(12,13)11-9-7-5-6-8-10(9,2)3/h9,11H,4-8H2,1-3H3. The summed E-state index contributed by atoms with van der Waals surface area (Å²) in [5.74, 6) is 0.180. The quantitative estimate of drug-likeness (QED) is 0.788. The van der Waals surface area contributed by atoms with Crippen LogP contribution in [-0.2, 0) is 10.0 Å². The van der Waals surface area contributed by atoms with E-state index in [-0.39, 0.29) is 17.2 Å². The van der Waals surface area contributed by atoms with E-state index in [1.807, 2.05) is 0 Å². The van der Waals surface area contributed by atoms with Gasteiger partial charge in [0.2, 0.25) is 10.0 Å². The third-order valence-corrected chi connectivity index (χ3v) is 4.61. The molecular formula is C10H21NO2S. The lowest BCUT2D eigenvalue weighted by atomic mass is 9.74. The van der Waals surface area contributed by atoms with Gasteiger partial charge in [-0.1, -0.05) is 26.7 Å². The molecule has 0 bridgehead atoms. The van der Waals surface area contributed by atoms with Crippen LogP contribution in [0.1, 0.15) is 46.5 Å². The first-order valence-electron chi connectivity index (χ1n) is 5.37. The highest BCUT2D eigenvalue weighted by Crippen LogP contribution is 2.35. The molecule has 14 heavy (non-hydrogen) atoms. The van der Waals surface area contributed by atoms with Gasteiger partial charge in [0, 0.05) is 6.04 Å². The van der Waals surface area contributed by atoms with Crippen LogP contribution in [0.3, 0.4) is 0 Å². The summed E-state index contributed by atoms with van der Waals surface area (Å²) >= 11 is 0. The summed E-state index contributed by atoms with van der Waals surface area (Å²) in [5, 5.41) is 0. The molecule has 0 aromatic rings. The summed E-state index contributed by atoms with van der Waals surface area (Å²) in [7, 11) is -3.04. The molecule has 0 aromatic carbocycles. The summed E-state index contributed by atoms with van der Waals surface area (Å²) in [6.07, 6.45) is 4.45. The molecule has 1 aliphatic rings. The van der Waals surface area contributed by atoms with E-state index in [1.54, 1.807) is 6.92 Å². The van der Waals surface area contributed by atoms with Gasteiger partial charge < -0.3 is 0 Å². The molecule has 0 aromatic heterocycles. The van der Waals surface area contributed by atoms with Gasteiger partial charge in [0.05, 0.1) is 5.75 Å².